The normalized spacial score (nSPS) is 28.1. The van der Waals surface area contributed by atoms with Crippen LogP contribution in [-0.4, -0.2) is 60.5 Å². The fourth-order valence-electron chi connectivity index (χ4n) is 4.01. The summed E-state index contributed by atoms with van der Waals surface area (Å²) in [4.78, 5) is 49.1. The second-order valence-electron chi connectivity index (χ2n) is 8.73. The Hall–Kier alpha value is -3.46. The summed E-state index contributed by atoms with van der Waals surface area (Å²) in [5.41, 5.74) is 1.91. The van der Waals surface area contributed by atoms with Gasteiger partial charge in [-0.2, -0.15) is 0 Å². The van der Waals surface area contributed by atoms with E-state index in [0.717, 1.165) is 5.57 Å². The van der Waals surface area contributed by atoms with Crippen LogP contribution in [-0.2, 0) is 38.1 Å². The number of rotatable bonds is 7. The molecule has 4 atom stereocenters. The van der Waals surface area contributed by atoms with Crippen LogP contribution in [0.2, 0.25) is 0 Å². The number of fused-ring (bicyclic) bond motifs is 1. The van der Waals surface area contributed by atoms with Gasteiger partial charge in [-0.15, -0.1) is 0 Å². The van der Waals surface area contributed by atoms with Crippen LogP contribution in [0.4, 0.5) is 0 Å². The molecule has 1 heterocycles. The molecule has 0 aromatic heterocycles. The third kappa shape index (κ3) is 7.27. The number of esters is 4. The van der Waals surface area contributed by atoms with Gasteiger partial charge in [-0.25, -0.2) is 14.4 Å². The number of ether oxygens (including phenoxy) is 4. The molecule has 9 heteroatoms. The zero-order valence-electron chi connectivity index (χ0n) is 21.4. The van der Waals surface area contributed by atoms with E-state index in [0.29, 0.717) is 12.0 Å². The maximum Gasteiger partial charge on any atom is 0.337 e. The average molecular weight is 503 g/mol. The van der Waals surface area contributed by atoms with Crippen LogP contribution < -0.4 is 0 Å². The van der Waals surface area contributed by atoms with E-state index >= 15 is 0 Å². The Morgan fingerprint density at radius 1 is 1.14 bits per heavy atom. The van der Waals surface area contributed by atoms with Gasteiger partial charge in [0.2, 0.25) is 0 Å². The molecule has 0 saturated carbocycles. The van der Waals surface area contributed by atoms with Crippen molar-refractivity contribution in [3.63, 3.8) is 0 Å². The van der Waals surface area contributed by atoms with Gasteiger partial charge in [-0.05, 0) is 39.3 Å². The Morgan fingerprint density at radius 3 is 2.39 bits per heavy atom. The Kier molecular flexibility index (Phi) is 10.4. The lowest BCUT2D eigenvalue weighted by Crippen LogP contribution is -2.35. The monoisotopic (exact) mass is 502 g/mol. The molecule has 1 aliphatic carbocycles. The van der Waals surface area contributed by atoms with E-state index in [1.54, 1.807) is 26.8 Å². The fraction of sp³-hybridized carbons (Fsp3) is 0.481. The predicted octanol–water partition coefficient (Wildman–Crippen LogP) is 3.04. The topological polar surface area (TPSA) is 125 Å². The summed E-state index contributed by atoms with van der Waals surface area (Å²) in [6.07, 6.45) is 5.13. The summed E-state index contributed by atoms with van der Waals surface area (Å²) < 4.78 is 21.9. The Labute approximate surface area is 211 Å². The maximum atomic E-state index is 13.0. The molecule has 1 N–H and O–H groups in total. The molecule has 0 aromatic carbocycles. The highest BCUT2D eigenvalue weighted by atomic mass is 16.6. The van der Waals surface area contributed by atoms with Crippen LogP contribution in [0.1, 0.15) is 47.5 Å². The molecule has 0 aromatic rings. The van der Waals surface area contributed by atoms with Crippen LogP contribution in [0.3, 0.4) is 0 Å². The average Bonchev–Trinajstić information content (AvgIpc) is 3.09. The molecule has 2 rings (SSSR count). The summed E-state index contributed by atoms with van der Waals surface area (Å²) >= 11 is 0. The van der Waals surface area contributed by atoms with Crippen LogP contribution in [0.5, 0.6) is 0 Å². The maximum absolute atomic E-state index is 13.0. The van der Waals surface area contributed by atoms with Crippen molar-refractivity contribution in [2.24, 2.45) is 5.92 Å². The van der Waals surface area contributed by atoms with E-state index in [-0.39, 0.29) is 29.7 Å². The smallest absolute Gasteiger partial charge is 0.337 e. The SMILES string of the molecule is C=C1C(=O)O[C@@H]2/C=C(\C)[C@@H](OC(C)=O)C/C=C(\C)C[C@@H](OC(=O)/C(=C/C)COC(=O)/C(=C/C)CO)[C@H]12. The van der Waals surface area contributed by atoms with E-state index in [2.05, 4.69) is 6.58 Å². The van der Waals surface area contributed by atoms with Crippen LogP contribution >= 0.6 is 0 Å². The molecule has 9 nitrogen and oxygen atoms in total. The van der Waals surface area contributed by atoms with Gasteiger partial charge < -0.3 is 24.1 Å². The minimum absolute atomic E-state index is 0.0712. The summed E-state index contributed by atoms with van der Waals surface area (Å²) in [6, 6.07) is 0. The highest BCUT2D eigenvalue weighted by Gasteiger charge is 2.45. The number of allylic oxidation sites excluding steroid dienone is 2. The van der Waals surface area contributed by atoms with E-state index in [1.807, 2.05) is 13.0 Å². The lowest BCUT2D eigenvalue weighted by Gasteiger charge is -2.28. The van der Waals surface area contributed by atoms with E-state index in [4.69, 9.17) is 18.9 Å². The van der Waals surface area contributed by atoms with Crippen LogP contribution in [0.15, 0.2) is 58.7 Å². The van der Waals surface area contributed by atoms with Gasteiger partial charge in [0, 0.05) is 25.3 Å². The van der Waals surface area contributed by atoms with Crippen molar-refractivity contribution in [3.8, 4) is 0 Å². The Balaban J connectivity index is 2.30. The van der Waals surface area contributed by atoms with Gasteiger partial charge in [0.1, 0.15) is 24.9 Å². The zero-order valence-corrected chi connectivity index (χ0v) is 21.4. The van der Waals surface area contributed by atoms with Gasteiger partial charge in [0.25, 0.3) is 0 Å². The summed E-state index contributed by atoms with van der Waals surface area (Å²) in [7, 11) is 0. The first-order valence-electron chi connectivity index (χ1n) is 11.7. The number of aliphatic hydroxyl groups excluding tert-OH is 1. The molecule has 0 unspecified atom stereocenters. The number of hydrogen-bond acceptors (Lipinski definition) is 9. The molecule has 196 valence electrons. The van der Waals surface area contributed by atoms with E-state index in [9.17, 15) is 24.3 Å². The first-order valence-corrected chi connectivity index (χ1v) is 11.7. The van der Waals surface area contributed by atoms with Crippen molar-refractivity contribution in [1.82, 2.24) is 0 Å². The number of carbonyl (C=O) groups excluding carboxylic acids is 4. The molecule has 0 amide bonds. The van der Waals surface area contributed by atoms with Gasteiger partial charge in [-0.1, -0.05) is 30.4 Å². The van der Waals surface area contributed by atoms with Gasteiger partial charge in [0.05, 0.1) is 23.7 Å². The molecular formula is C27H34O9. The zero-order chi connectivity index (χ0) is 27.0. The fourth-order valence-corrected chi connectivity index (χ4v) is 4.01. The lowest BCUT2D eigenvalue weighted by atomic mass is 9.85. The third-order valence-corrected chi connectivity index (χ3v) is 6.12. The van der Waals surface area contributed by atoms with Crippen LogP contribution in [0, 0.1) is 5.92 Å². The Bertz CT molecular complexity index is 1030. The minimum atomic E-state index is -0.791. The lowest BCUT2D eigenvalue weighted by molar-refractivity contribution is -0.149. The van der Waals surface area contributed by atoms with Crippen molar-refractivity contribution in [1.29, 1.82) is 0 Å². The first-order chi connectivity index (χ1) is 17.0. The Morgan fingerprint density at radius 2 is 1.81 bits per heavy atom. The largest absolute Gasteiger partial charge is 0.458 e. The number of hydrogen-bond donors (Lipinski definition) is 1. The standard InChI is InChI=1S/C27H34O9/c1-7-19(13-28)26(31)33-14-20(8-2)27(32)36-22-11-15(3)9-10-21(34-18(6)29)16(4)12-23-24(22)17(5)25(30)35-23/h7-9,12,21-24,28H,5,10-11,13-14H2,1-4,6H3/b15-9+,16-12+,19-7+,20-8+/t21-,22+,23+,24-/m0/s1. The van der Waals surface area contributed by atoms with E-state index in [1.165, 1.54) is 19.1 Å². The van der Waals surface area contributed by atoms with Gasteiger partial charge >= 0.3 is 23.9 Å². The summed E-state index contributed by atoms with van der Waals surface area (Å²) in [5.74, 6) is -3.14. The molecule has 1 aliphatic heterocycles. The van der Waals surface area contributed by atoms with Crippen molar-refractivity contribution in [2.45, 2.75) is 65.8 Å². The first kappa shape index (κ1) is 28.8. The number of carbonyl (C=O) groups is 4. The van der Waals surface area contributed by atoms with Gasteiger partial charge in [-0.3, -0.25) is 4.79 Å². The van der Waals surface area contributed by atoms with Crippen LogP contribution in [0.25, 0.3) is 0 Å². The predicted molar refractivity (Wildman–Crippen MR) is 130 cm³/mol. The highest BCUT2D eigenvalue weighted by Crippen LogP contribution is 2.36. The molecule has 1 fully saturated rings. The molecule has 2 aliphatic rings. The van der Waals surface area contributed by atoms with Crippen molar-refractivity contribution >= 4 is 23.9 Å². The molecule has 0 bridgehead atoms. The molecule has 36 heavy (non-hydrogen) atoms. The van der Waals surface area contributed by atoms with Crippen molar-refractivity contribution in [2.75, 3.05) is 13.2 Å². The third-order valence-electron chi connectivity index (χ3n) is 6.12. The molecule has 0 radical (unpaired) electrons. The van der Waals surface area contributed by atoms with Crippen molar-refractivity contribution in [3.05, 3.63) is 58.7 Å². The second-order valence-corrected chi connectivity index (χ2v) is 8.73. The number of aliphatic hydroxyl groups is 1. The quantitative estimate of drug-likeness (QED) is 0.242. The second kappa shape index (κ2) is 13.0. The van der Waals surface area contributed by atoms with Crippen molar-refractivity contribution < 1.29 is 43.2 Å². The summed E-state index contributed by atoms with van der Waals surface area (Å²) in [5, 5.41) is 9.22. The van der Waals surface area contributed by atoms with E-state index < -0.39 is 54.7 Å². The minimum Gasteiger partial charge on any atom is -0.458 e. The summed E-state index contributed by atoms with van der Waals surface area (Å²) in [6.45, 7) is 11.2. The molecule has 0 spiro atoms. The highest BCUT2D eigenvalue weighted by molar-refractivity contribution is 5.93. The molecule has 1 saturated heterocycles. The van der Waals surface area contributed by atoms with Gasteiger partial charge in [0.15, 0.2) is 0 Å². The molecular weight excluding hydrogens is 468 g/mol.